The number of rotatable bonds is 4. The van der Waals surface area contributed by atoms with Gasteiger partial charge in [0.2, 0.25) is 5.91 Å². The van der Waals surface area contributed by atoms with Crippen molar-refractivity contribution >= 4 is 5.91 Å². The van der Waals surface area contributed by atoms with Gasteiger partial charge in [-0.15, -0.1) is 0 Å². The minimum Gasteiger partial charge on any atom is -0.390 e. The van der Waals surface area contributed by atoms with Crippen LogP contribution < -0.4 is 5.73 Å². The maximum Gasteiger partial charge on any atom is 0.221 e. The number of carbonyl (C=O) groups excluding carboxylic acids is 1. The Labute approximate surface area is 91.4 Å². The molecule has 1 saturated heterocycles. The Balaban J connectivity index is 2.34. The fraction of sp³-hybridized carbons (Fsp3) is 0.909. The Morgan fingerprint density at radius 2 is 2.27 bits per heavy atom. The van der Waals surface area contributed by atoms with Crippen LogP contribution in [0.15, 0.2) is 0 Å². The Kier molecular flexibility index (Phi) is 4.11. The number of primary amides is 1. The monoisotopic (exact) mass is 214 g/mol. The van der Waals surface area contributed by atoms with Crippen molar-refractivity contribution < 1.29 is 9.90 Å². The molecule has 0 aromatic rings. The molecule has 4 heteroatoms. The van der Waals surface area contributed by atoms with Crippen molar-refractivity contribution in [2.45, 2.75) is 38.7 Å². The van der Waals surface area contributed by atoms with Crippen LogP contribution in [0, 0.1) is 5.92 Å². The highest BCUT2D eigenvalue weighted by molar-refractivity contribution is 5.76. The van der Waals surface area contributed by atoms with Crippen LogP contribution in [0.1, 0.15) is 33.1 Å². The number of carbonyl (C=O) groups is 1. The Hall–Kier alpha value is -0.610. The Morgan fingerprint density at radius 3 is 2.80 bits per heavy atom. The molecule has 15 heavy (non-hydrogen) atoms. The fourth-order valence-electron chi connectivity index (χ4n) is 1.92. The summed E-state index contributed by atoms with van der Waals surface area (Å²) < 4.78 is 0. The molecule has 1 aliphatic heterocycles. The minimum absolute atomic E-state index is 0.000514. The van der Waals surface area contributed by atoms with Crippen LogP contribution in [0.5, 0.6) is 0 Å². The summed E-state index contributed by atoms with van der Waals surface area (Å²) in [5.74, 6) is -0.191. The quantitative estimate of drug-likeness (QED) is 0.709. The third-order valence-corrected chi connectivity index (χ3v) is 2.95. The molecule has 1 atom stereocenters. The van der Waals surface area contributed by atoms with E-state index in [1.54, 1.807) is 0 Å². The zero-order valence-corrected chi connectivity index (χ0v) is 9.70. The van der Waals surface area contributed by atoms with E-state index < -0.39 is 5.60 Å². The van der Waals surface area contributed by atoms with Crippen LogP contribution in [-0.2, 0) is 4.79 Å². The minimum atomic E-state index is -0.625. The van der Waals surface area contributed by atoms with Gasteiger partial charge >= 0.3 is 0 Å². The second kappa shape index (κ2) is 4.94. The zero-order valence-electron chi connectivity index (χ0n) is 9.70. The number of hydrogen-bond donors (Lipinski definition) is 2. The van der Waals surface area contributed by atoms with Crippen molar-refractivity contribution in [2.24, 2.45) is 11.7 Å². The molecule has 3 N–H and O–H groups in total. The third kappa shape index (κ3) is 4.62. The highest BCUT2D eigenvalue weighted by Crippen LogP contribution is 2.17. The molecule has 1 unspecified atom stereocenters. The lowest BCUT2D eigenvalue weighted by atomic mass is 9.96. The molecule has 0 aromatic carbocycles. The van der Waals surface area contributed by atoms with Crippen molar-refractivity contribution in [1.82, 2.24) is 4.90 Å². The van der Waals surface area contributed by atoms with Gasteiger partial charge < -0.3 is 15.7 Å². The molecule has 1 fully saturated rings. The highest BCUT2D eigenvalue weighted by atomic mass is 16.3. The number of aliphatic hydroxyl groups is 1. The van der Waals surface area contributed by atoms with Crippen LogP contribution >= 0.6 is 0 Å². The molecular formula is C11H22N2O2. The van der Waals surface area contributed by atoms with Crippen LogP contribution in [0.2, 0.25) is 0 Å². The lowest BCUT2D eigenvalue weighted by Crippen LogP contribution is -2.42. The fourth-order valence-corrected chi connectivity index (χ4v) is 1.92. The van der Waals surface area contributed by atoms with E-state index in [2.05, 4.69) is 4.90 Å². The first-order valence-corrected chi connectivity index (χ1v) is 5.62. The molecule has 4 nitrogen and oxygen atoms in total. The van der Waals surface area contributed by atoms with Crippen LogP contribution in [0.4, 0.5) is 0 Å². The van der Waals surface area contributed by atoms with Gasteiger partial charge in [-0.05, 0) is 39.7 Å². The summed E-state index contributed by atoms with van der Waals surface area (Å²) in [5, 5.41) is 9.61. The number of hydrogen-bond acceptors (Lipinski definition) is 3. The Morgan fingerprint density at radius 1 is 1.60 bits per heavy atom. The summed E-state index contributed by atoms with van der Waals surface area (Å²) in [6.07, 6.45) is 2.67. The molecule has 88 valence electrons. The number of piperidine rings is 1. The molecule has 0 bridgehead atoms. The third-order valence-electron chi connectivity index (χ3n) is 2.95. The van der Waals surface area contributed by atoms with E-state index in [1.165, 1.54) is 0 Å². The van der Waals surface area contributed by atoms with Crippen molar-refractivity contribution in [2.75, 3.05) is 19.6 Å². The van der Waals surface area contributed by atoms with Crippen molar-refractivity contribution in [3.8, 4) is 0 Å². The maximum absolute atomic E-state index is 11.0. The first-order valence-electron chi connectivity index (χ1n) is 5.62. The smallest absolute Gasteiger partial charge is 0.221 e. The molecule has 0 aromatic heterocycles. The summed E-state index contributed by atoms with van der Waals surface area (Å²) in [4.78, 5) is 13.3. The SMILES string of the molecule is CC(C)(O)CCN1CCCC(C(N)=O)C1. The number of nitrogens with two attached hydrogens (primary N) is 1. The van der Waals surface area contributed by atoms with E-state index >= 15 is 0 Å². The van der Waals surface area contributed by atoms with Gasteiger partial charge in [-0.1, -0.05) is 0 Å². The van der Waals surface area contributed by atoms with Crippen molar-refractivity contribution in [3.63, 3.8) is 0 Å². The molecule has 0 saturated carbocycles. The predicted molar refractivity (Wildman–Crippen MR) is 59.3 cm³/mol. The lowest BCUT2D eigenvalue weighted by molar-refractivity contribution is -0.123. The van der Waals surface area contributed by atoms with E-state index in [0.29, 0.717) is 0 Å². The first kappa shape index (κ1) is 12.5. The van der Waals surface area contributed by atoms with Gasteiger partial charge in [-0.3, -0.25) is 4.79 Å². The predicted octanol–water partition coefficient (Wildman–Crippen LogP) is 0.345. The van der Waals surface area contributed by atoms with Gasteiger partial charge in [0.15, 0.2) is 0 Å². The van der Waals surface area contributed by atoms with Crippen molar-refractivity contribution in [1.29, 1.82) is 0 Å². The van der Waals surface area contributed by atoms with Crippen LogP contribution in [-0.4, -0.2) is 41.1 Å². The normalized spacial score (nSPS) is 24.1. The average molecular weight is 214 g/mol. The lowest BCUT2D eigenvalue weighted by Gasteiger charge is -2.32. The molecular weight excluding hydrogens is 192 g/mol. The summed E-state index contributed by atoms with van der Waals surface area (Å²) in [7, 11) is 0. The highest BCUT2D eigenvalue weighted by Gasteiger charge is 2.24. The molecule has 1 heterocycles. The standard InChI is InChI=1S/C11H22N2O2/c1-11(2,15)5-7-13-6-3-4-9(8-13)10(12)14/h9,15H,3-8H2,1-2H3,(H2,12,14). The average Bonchev–Trinajstić information content (AvgIpc) is 2.14. The maximum atomic E-state index is 11.0. The van der Waals surface area contributed by atoms with Gasteiger partial charge in [0.1, 0.15) is 0 Å². The topological polar surface area (TPSA) is 66.6 Å². The molecule has 1 aliphatic rings. The van der Waals surface area contributed by atoms with Gasteiger partial charge in [0, 0.05) is 13.1 Å². The number of likely N-dealkylation sites (tertiary alicyclic amines) is 1. The first-order chi connectivity index (χ1) is 6.88. The van der Waals surface area contributed by atoms with Gasteiger partial charge in [0.25, 0.3) is 0 Å². The second-order valence-corrected chi connectivity index (χ2v) is 5.10. The zero-order chi connectivity index (χ0) is 11.5. The molecule has 0 spiro atoms. The van der Waals surface area contributed by atoms with Crippen LogP contribution in [0.25, 0.3) is 0 Å². The Bertz CT molecular complexity index is 223. The second-order valence-electron chi connectivity index (χ2n) is 5.10. The van der Waals surface area contributed by atoms with E-state index in [1.807, 2.05) is 13.8 Å². The molecule has 0 radical (unpaired) electrons. The summed E-state index contributed by atoms with van der Waals surface area (Å²) >= 11 is 0. The van der Waals surface area contributed by atoms with Crippen LogP contribution in [0.3, 0.4) is 0 Å². The largest absolute Gasteiger partial charge is 0.390 e. The van der Waals surface area contributed by atoms with Gasteiger partial charge in [0.05, 0.1) is 11.5 Å². The van der Waals surface area contributed by atoms with E-state index in [0.717, 1.165) is 38.9 Å². The van der Waals surface area contributed by atoms with E-state index in [-0.39, 0.29) is 11.8 Å². The van der Waals surface area contributed by atoms with Gasteiger partial charge in [-0.2, -0.15) is 0 Å². The van der Waals surface area contributed by atoms with Crippen molar-refractivity contribution in [3.05, 3.63) is 0 Å². The van der Waals surface area contributed by atoms with Gasteiger partial charge in [-0.25, -0.2) is 0 Å². The summed E-state index contributed by atoms with van der Waals surface area (Å²) in [6.45, 7) is 6.23. The molecule has 1 rings (SSSR count). The number of nitrogens with zero attached hydrogens (tertiary/aromatic N) is 1. The van der Waals surface area contributed by atoms with E-state index in [9.17, 15) is 9.90 Å². The molecule has 1 amide bonds. The summed E-state index contributed by atoms with van der Waals surface area (Å²) in [6, 6.07) is 0. The van der Waals surface area contributed by atoms with E-state index in [4.69, 9.17) is 5.73 Å². The number of amides is 1. The molecule has 0 aliphatic carbocycles. The summed E-state index contributed by atoms with van der Waals surface area (Å²) in [5.41, 5.74) is 4.67.